The van der Waals surface area contributed by atoms with Crippen LogP contribution in [0.2, 0.25) is 0 Å². The molecule has 0 spiro atoms. The highest BCUT2D eigenvalue weighted by molar-refractivity contribution is 5.67. The van der Waals surface area contributed by atoms with Gasteiger partial charge >= 0.3 is 6.09 Å². The molecule has 0 aromatic rings. The van der Waals surface area contributed by atoms with Crippen LogP contribution in [-0.4, -0.2) is 30.4 Å². The van der Waals surface area contributed by atoms with E-state index < -0.39 is 6.09 Å². The Balaban J connectivity index is 2.08. The van der Waals surface area contributed by atoms with Crippen LogP contribution in [0.1, 0.15) is 6.42 Å². The number of fused-ring (bicyclic) bond motifs is 2. The van der Waals surface area contributed by atoms with Crippen LogP contribution >= 0.6 is 0 Å². The highest BCUT2D eigenvalue weighted by atomic mass is 16.7. The number of nitrogens with zero attached hydrogens (tertiary/aromatic N) is 1. The van der Waals surface area contributed by atoms with Gasteiger partial charge in [-0.1, -0.05) is 12.2 Å². The second-order valence-electron chi connectivity index (χ2n) is 2.63. The smallest absolute Gasteiger partial charge is 0.434 e. The number of hydrogen-bond donors (Lipinski definition) is 0. The van der Waals surface area contributed by atoms with Gasteiger partial charge in [0.15, 0.2) is 0 Å². The monoisotopic (exact) mass is 155 g/mol. The van der Waals surface area contributed by atoms with Gasteiger partial charge in [0.1, 0.15) is 6.10 Å². The Morgan fingerprint density at radius 1 is 1.73 bits per heavy atom. The van der Waals surface area contributed by atoms with Gasteiger partial charge in [-0.2, -0.15) is 5.06 Å². The van der Waals surface area contributed by atoms with Gasteiger partial charge in [0.2, 0.25) is 0 Å². The summed E-state index contributed by atoms with van der Waals surface area (Å²) in [6, 6.07) is 0.0902. The van der Waals surface area contributed by atoms with E-state index in [1.54, 1.807) is 0 Å². The second-order valence-corrected chi connectivity index (χ2v) is 2.63. The first-order valence-corrected chi connectivity index (χ1v) is 3.53. The topological polar surface area (TPSA) is 38.8 Å². The summed E-state index contributed by atoms with van der Waals surface area (Å²) in [5.41, 5.74) is 0. The van der Waals surface area contributed by atoms with Gasteiger partial charge in [-0.25, -0.2) is 4.79 Å². The predicted molar refractivity (Wildman–Crippen MR) is 36.7 cm³/mol. The third-order valence-corrected chi connectivity index (χ3v) is 1.93. The molecule has 2 atom stereocenters. The molecule has 0 N–H and O–H groups in total. The van der Waals surface area contributed by atoms with Crippen molar-refractivity contribution in [1.82, 2.24) is 5.06 Å². The van der Waals surface area contributed by atoms with Crippen molar-refractivity contribution >= 4 is 6.09 Å². The highest BCUT2D eigenvalue weighted by Gasteiger charge is 2.38. The van der Waals surface area contributed by atoms with Crippen LogP contribution in [0.25, 0.3) is 0 Å². The van der Waals surface area contributed by atoms with E-state index in [-0.39, 0.29) is 12.1 Å². The Bertz CT molecular complexity index is 214. The second kappa shape index (κ2) is 2.23. The Hall–Kier alpha value is -1.03. The van der Waals surface area contributed by atoms with Gasteiger partial charge in [0.25, 0.3) is 0 Å². The lowest BCUT2D eigenvalue weighted by Gasteiger charge is -2.20. The van der Waals surface area contributed by atoms with Crippen molar-refractivity contribution in [2.75, 3.05) is 7.11 Å². The standard InChI is InChI=1S/C7H9NO3/c1-10-7(9)8-5-2-3-6(4-5)11-8/h2-3,5-6H,4H2,1H3. The third kappa shape index (κ3) is 0.903. The Morgan fingerprint density at radius 3 is 3.00 bits per heavy atom. The number of rotatable bonds is 0. The zero-order valence-electron chi connectivity index (χ0n) is 6.19. The van der Waals surface area contributed by atoms with E-state index in [9.17, 15) is 4.79 Å². The van der Waals surface area contributed by atoms with E-state index in [1.165, 1.54) is 12.2 Å². The Kier molecular flexibility index (Phi) is 1.35. The highest BCUT2D eigenvalue weighted by Crippen LogP contribution is 2.29. The molecule has 0 aromatic heterocycles. The lowest BCUT2D eigenvalue weighted by atomic mass is 10.3. The number of amides is 1. The van der Waals surface area contributed by atoms with Gasteiger partial charge in [-0.3, -0.25) is 4.84 Å². The number of methoxy groups -OCH3 is 1. The van der Waals surface area contributed by atoms with E-state index >= 15 is 0 Å². The van der Waals surface area contributed by atoms with Crippen LogP contribution < -0.4 is 0 Å². The molecule has 60 valence electrons. The average molecular weight is 155 g/mol. The molecule has 2 unspecified atom stereocenters. The molecule has 1 fully saturated rings. The summed E-state index contributed by atoms with van der Waals surface area (Å²) in [5.74, 6) is 0. The zero-order valence-corrected chi connectivity index (χ0v) is 6.19. The maximum atomic E-state index is 10.9. The molecule has 11 heavy (non-hydrogen) atoms. The summed E-state index contributed by atoms with van der Waals surface area (Å²) in [7, 11) is 1.35. The minimum Gasteiger partial charge on any atom is -0.451 e. The minimum atomic E-state index is -0.415. The fourth-order valence-electron chi connectivity index (χ4n) is 1.39. The summed E-state index contributed by atoms with van der Waals surface area (Å²) in [4.78, 5) is 16.1. The molecule has 2 bridgehead atoms. The SMILES string of the molecule is COC(=O)N1OC2C=CC1C2. The summed E-state index contributed by atoms with van der Waals surface area (Å²) in [6.45, 7) is 0. The van der Waals surface area contributed by atoms with Gasteiger partial charge in [-0.05, 0) is 0 Å². The van der Waals surface area contributed by atoms with Crippen LogP contribution in [0.3, 0.4) is 0 Å². The summed E-state index contributed by atoms with van der Waals surface area (Å²) < 4.78 is 4.51. The summed E-state index contributed by atoms with van der Waals surface area (Å²) in [5, 5.41) is 1.28. The van der Waals surface area contributed by atoms with Crippen LogP contribution in [0, 0.1) is 0 Å². The maximum absolute atomic E-state index is 10.9. The molecule has 0 radical (unpaired) electrons. The maximum Gasteiger partial charge on any atom is 0.434 e. The summed E-state index contributed by atoms with van der Waals surface area (Å²) >= 11 is 0. The van der Waals surface area contributed by atoms with Gasteiger partial charge < -0.3 is 4.74 Å². The lowest BCUT2D eigenvalue weighted by molar-refractivity contribution is -0.125. The molecular formula is C7H9NO3. The number of carbonyl (C=O) groups is 1. The van der Waals surface area contributed by atoms with E-state index in [0.717, 1.165) is 6.42 Å². The molecule has 1 saturated heterocycles. The molecule has 4 nitrogen and oxygen atoms in total. The molecule has 1 aliphatic carbocycles. The summed E-state index contributed by atoms with van der Waals surface area (Å²) in [6.07, 6.45) is 4.46. The van der Waals surface area contributed by atoms with Crippen molar-refractivity contribution in [3.63, 3.8) is 0 Å². The number of carbonyl (C=O) groups excluding carboxylic acids is 1. The number of ether oxygens (including phenoxy) is 1. The largest absolute Gasteiger partial charge is 0.451 e. The molecule has 0 aromatic carbocycles. The zero-order chi connectivity index (χ0) is 7.84. The van der Waals surface area contributed by atoms with Crippen molar-refractivity contribution in [2.24, 2.45) is 0 Å². The molecule has 1 heterocycles. The minimum absolute atomic E-state index is 0.0825. The van der Waals surface area contributed by atoms with E-state index in [4.69, 9.17) is 4.84 Å². The fraction of sp³-hybridized carbons (Fsp3) is 0.571. The van der Waals surface area contributed by atoms with Crippen LogP contribution in [0.5, 0.6) is 0 Å². The Labute approximate surface area is 64.3 Å². The number of hydrogen-bond acceptors (Lipinski definition) is 3. The van der Waals surface area contributed by atoms with Crippen LogP contribution in [0.4, 0.5) is 4.79 Å². The van der Waals surface area contributed by atoms with Crippen molar-refractivity contribution in [3.8, 4) is 0 Å². The molecule has 1 aliphatic heterocycles. The van der Waals surface area contributed by atoms with Gasteiger partial charge in [0, 0.05) is 6.42 Å². The molecule has 2 aliphatic rings. The van der Waals surface area contributed by atoms with Gasteiger partial charge in [0.05, 0.1) is 13.2 Å². The van der Waals surface area contributed by atoms with E-state index in [0.29, 0.717) is 0 Å². The lowest BCUT2D eigenvalue weighted by Crippen LogP contribution is -2.34. The first-order valence-electron chi connectivity index (χ1n) is 3.53. The van der Waals surface area contributed by atoms with Crippen LogP contribution in [0.15, 0.2) is 12.2 Å². The van der Waals surface area contributed by atoms with Crippen molar-refractivity contribution in [3.05, 3.63) is 12.2 Å². The third-order valence-electron chi connectivity index (χ3n) is 1.93. The average Bonchev–Trinajstić information content (AvgIpc) is 2.62. The molecule has 1 amide bonds. The van der Waals surface area contributed by atoms with Crippen molar-refractivity contribution < 1.29 is 14.4 Å². The van der Waals surface area contributed by atoms with Crippen molar-refractivity contribution in [2.45, 2.75) is 18.6 Å². The normalized spacial score (nSPS) is 33.0. The first-order chi connectivity index (χ1) is 5.31. The Morgan fingerprint density at radius 2 is 2.55 bits per heavy atom. The van der Waals surface area contributed by atoms with Crippen molar-refractivity contribution in [1.29, 1.82) is 0 Å². The molecule has 2 rings (SSSR count). The number of hydroxylamine groups is 2. The first kappa shape index (κ1) is 6.67. The van der Waals surface area contributed by atoms with Crippen LogP contribution in [-0.2, 0) is 9.57 Å². The van der Waals surface area contributed by atoms with Gasteiger partial charge in [-0.15, -0.1) is 0 Å². The van der Waals surface area contributed by atoms with E-state index in [1.807, 2.05) is 12.2 Å². The quantitative estimate of drug-likeness (QED) is 0.483. The molecular weight excluding hydrogens is 146 g/mol. The molecule has 4 heteroatoms. The fourth-order valence-corrected chi connectivity index (χ4v) is 1.39. The van der Waals surface area contributed by atoms with E-state index in [2.05, 4.69) is 4.74 Å². The predicted octanol–water partition coefficient (Wildman–Crippen LogP) is 0.697. The molecule has 0 saturated carbocycles.